The van der Waals surface area contributed by atoms with Crippen LogP contribution in [0.3, 0.4) is 0 Å². The number of nitrogens with zero attached hydrogens (tertiary/aromatic N) is 3. The molecule has 0 radical (unpaired) electrons. The number of sulfone groups is 1. The molecule has 0 saturated carbocycles. The van der Waals surface area contributed by atoms with Crippen LogP contribution in [0.15, 0.2) is 29.3 Å². The highest BCUT2D eigenvalue weighted by Crippen LogP contribution is 2.41. The van der Waals surface area contributed by atoms with Crippen molar-refractivity contribution >= 4 is 44.0 Å². The number of carbonyl (C=O) groups is 1. The summed E-state index contributed by atoms with van der Waals surface area (Å²) in [4.78, 5) is 21.1. The zero-order chi connectivity index (χ0) is 20.7. The predicted molar refractivity (Wildman–Crippen MR) is 118 cm³/mol. The first kappa shape index (κ1) is 21.2. The lowest BCUT2D eigenvalue weighted by molar-refractivity contribution is -0.124. The number of amides is 1. The van der Waals surface area contributed by atoms with E-state index in [2.05, 4.69) is 23.7 Å². The molecule has 2 heterocycles. The minimum atomic E-state index is -3.07. The largest absolute Gasteiger partial charge is 0.372 e. The third-order valence-electron chi connectivity index (χ3n) is 5.16. The highest BCUT2D eigenvalue weighted by atomic mass is 32.2. The second kappa shape index (κ2) is 7.71. The van der Waals surface area contributed by atoms with E-state index in [1.165, 1.54) is 11.8 Å². The lowest BCUT2D eigenvalue weighted by Gasteiger charge is -2.27. The van der Waals surface area contributed by atoms with Gasteiger partial charge in [-0.2, -0.15) is 4.99 Å². The Morgan fingerprint density at radius 1 is 1.18 bits per heavy atom. The predicted octanol–water partition coefficient (Wildman–Crippen LogP) is 3.18. The topological polar surface area (TPSA) is 70.0 Å². The summed E-state index contributed by atoms with van der Waals surface area (Å²) in [5.74, 6) is 0.0483. The van der Waals surface area contributed by atoms with Gasteiger partial charge in [0.1, 0.15) is 0 Å². The Balaban J connectivity index is 1.97. The van der Waals surface area contributed by atoms with Gasteiger partial charge in [-0.25, -0.2) is 8.42 Å². The number of rotatable bonds is 4. The summed E-state index contributed by atoms with van der Waals surface area (Å²) in [5.41, 5.74) is 1.43. The maximum atomic E-state index is 12.5. The molecule has 0 spiro atoms. The summed E-state index contributed by atoms with van der Waals surface area (Å²) >= 11 is 1.42. The Morgan fingerprint density at radius 2 is 1.79 bits per heavy atom. The van der Waals surface area contributed by atoms with Crippen molar-refractivity contribution in [3.63, 3.8) is 0 Å². The fraction of sp³-hybridized carbons (Fsp3) is 0.600. The molecule has 2 fully saturated rings. The van der Waals surface area contributed by atoms with E-state index in [-0.39, 0.29) is 28.7 Å². The average Bonchev–Trinajstić information content (AvgIpc) is 3.06. The number of hydrogen-bond donors (Lipinski definition) is 0. The molecule has 1 aromatic rings. The second-order valence-electron chi connectivity index (χ2n) is 8.31. The molecule has 2 aliphatic heterocycles. The van der Waals surface area contributed by atoms with Crippen molar-refractivity contribution in [2.45, 2.75) is 45.9 Å². The van der Waals surface area contributed by atoms with Crippen molar-refractivity contribution < 1.29 is 13.2 Å². The fourth-order valence-electron chi connectivity index (χ4n) is 3.53. The molecule has 2 saturated heterocycles. The van der Waals surface area contributed by atoms with Crippen LogP contribution in [0.1, 0.15) is 34.6 Å². The Hall–Kier alpha value is -1.54. The van der Waals surface area contributed by atoms with E-state index in [0.717, 1.165) is 24.5 Å². The molecule has 2 aliphatic rings. The number of carbonyl (C=O) groups excluding carboxylic acids is 1. The normalized spacial score (nSPS) is 25.2. The van der Waals surface area contributed by atoms with Gasteiger partial charge in [0.25, 0.3) is 5.91 Å². The minimum Gasteiger partial charge on any atom is -0.372 e. The summed E-state index contributed by atoms with van der Waals surface area (Å²) in [5, 5.41) is 0.527. The van der Waals surface area contributed by atoms with Crippen LogP contribution in [-0.2, 0) is 14.6 Å². The molecular weight excluding hydrogens is 394 g/mol. The smallest absolute Gasteiger partial charge is 0.253 e. The molecule has 1 amide bonds. The Kier molecular flexibility index (Phi) is 5.83. The zero-order valence-electron chi connectivity index (χ0n) is 17.2. The summed E-state index contributed by atoms with van der Waals surface area (Å²) in [6, 6.07) is 7.91. The standard InChI is InChI=1S/C20H29N3O3S2/c1-6-22(7-2)14-8-10-15(11-9-14)23-16-12-28(25,26)13-17(16)27-19(23)21-18(24)20(3,4)5/h8-11,16-17H,6-7,12-13H2,1-5H3/t16-,17+/m1/s1. The third kappa shape index (κ3) is 4.22. The molecule has 0 N–H and O–H groups in total. The highest BCUT2D eigenvalue weighted by molar-refractivity contribution is 8.16. The molecule has 154 valence electrons. The SMILES string of the molecule is CCN(CC)c1ccc(N2C(=NC(=O)C(C)(C)C)S[C@H]3CS(=O)(=O)C[C@H]32)cc1. The average molecular weight is 424 g/mol. The lowest BCUT2D eigenvalue weighted by Crippen LogP contribution is -2.38. The van der Waals surface area contributed by atoms with E-state index in [1.54, 1.807) is 0 Å². The molecule has 28 heavy (non-hydrogen) atoms. The highest BCUT2D eigenvalue weighted by Gasteiger charge is 2.49. The molecule has 3 rings (SSSR count). The molecule has 6 nitrogen and oxygen atoms in total. The molecule has 0 unspecified atom stereocenters. The van der Waals surface area contributed by atoms with Gasteiger partial charge in [-0.05, 0) is 38.1 Å². The Labute approximate surface area is 172 Å². The number of anilines is 2. The van der Waals surface area contributed by atoms with E-state index in [4.69, 9.17) is 0 Å². The van der Waals surface area contributed by atoms with Gasteiger partial charge in [0.2, 0.25) is 0 Å². The van der Waals surface area contributed by atoms with Crippen molar-refractivity contribution in [3.8, 4) is 0 Å². The number of fused-ring (bicyclic) bond motifs is 1. The van der Waals surface area contributed by atoms with Crippen LogP contribution in [0.2, 0.25) is 0 Å². The van der Waals surface area contributed by atoms with Gasteiger partial charge in [0.05, 0.1) is 17.5 Å². The van der Waals surface area contributed by atoms with Crippen LogP contribution in [-0.4, -0.2) is 55.4 Å². The van der Waals surface area contributed by atoms with Gasteiger partial charge < -0.3 is 9.80 Å². The van der Waals surface area contributed by atoms with Gasteiger partial charge in [-0.1, -0.05) is 32.5 Å². The van der Waals surface area contributed by atoms with Gasteiger partial charge in [0, 0.05) is 35.1 Å². The van der Waals surface area contributed by atoms with Crippen LogP contribution in [0.5, 0.6) is 0 Å². The molecule has 2 atom stereocenters. The van der Waals surface area contributed by atoms with Gasteiger partial charge in [-0.3, -0.25) is 4.79 Å². The lowest BCUT2D eigenvalue weighted by atomic mass is 9.96. The van der Waals surface area contributed by atoms with E-state index in [9.17, 15) is 13.2 Å². The van der Waals surface area contributed by atoms with Crippen molar-refractivity contribution in [1.82, 2.24) is 0 Å². The van der Waals surface area contributed by atoms with Crippen LogP contribution >= 0.6 is 11.8 Å². The maximum Gasteiger partial charge on any atom is 0.253 e. The first-order valence-corrected chi connectivity index (χ1v) is 12.4. The van der Waals surface area contributed by atoms with E-state index in [1.807, 2.05) is 49.9 Å². The first-order chi connectivity index (χ1) is 13.1. The van der Waals surface area contributed by atoms with Crippen molar-refractivity contribution in [1.29, 1.82) is 0 Å². The van der Waals surface area contributed by atoms with Crippen molar-refractivity contribution in [2.75, 3.05) is 34.4 Å². The Morgan fingerprint density at radius 3 is 2.32 bits per heavy atom. The van der Waals surface area contributed by atoms with Gasteiger partial charge in [0.15, 0.2) is 15.0 Å². The summed E-state index contributed by atoms with van der Waals surface area (Å²) in [6.45, 7) is 11.6. The first-order valence-electron chi connectivity index (χ1n) is 9.70. The maximum absolute atomic E-state index is 12.5. The van der Waals surface area contributed by atoms with Crippen LogP contribution in [0.4, 0.5) is 11.4 Å². The number of benzene rings is 1. The number of amidine groups is 1. The molecule has 0 bridgehead atoms. The monoisotopic (exact) mass is 423 g/mol. The molecule has 0 aliphatic carbocycles. The number of hydrogen-bond acceptors (Lipinski definition) is 5. The second-order valence-corrected chi connectivity index (χ2v) is 11.7. The van der Waals surface area contributed by atoms with Crippen molar-refractivity contribution in [2.24, 2.45) is 10.4 Å². The summed E-state index contributed by atoms with van der Waals surface area (Å²) in [6.07, 6.45) is 0. The van der Waals surface area contributed by atoms with Crippen LogP contribution in [0.25, 0.3) is 0 Å². The summed E-state index contributed by atoms with van der Waals surface area (Å²) < 4.78 is 24.4. The van der Waals surface area contributed by atoms with Gasteiger partial charge in [-0.15, -0.1) is 0 Å². The summed E-state index contributed by atoms with van der Waals surface area (Å²) in [7, 11) is -3.07. The van der Waals surface area contributed by atoms with Crippen LogP contribution in [0, 0.1) is 5.41 Å². The quantitative estimate of drug-likeness (QED) is 0.741. The molecular formula is C20H29N3O3S2. The molecule has 8 heteroatoms. The fourth-order valence-corrected chi connectivity index (χ4v) is 7.45. The van der Waals surface area contributed by atoms with Crippen molar-refractivity contribution in [3.05, 3.63) is 24.3 Å². The van der Waals surface area contributed by atoms with Gasteiger partial charge >= 0.3 is 0 Å². The Bertz CT molecular complexity index is 869. The molecule has 0 aromatic heterocycles. The zero-order valence-corrected chi connectivity index (χ0v) is 18.8. The van der Waals surface area contributed by atoms with E-state index >= 15 is 0 Å². The van der Waals surface area contributed by atoms with Crippen LogP contribution < -0.4 is 9.80 Å². The number of thioether (sulfide) groups is 1. The van der Waals surface area contributed by atoms with E-state index in [0.29, 0.717) is 5.17 Å². The minimum absolute atomic E-state index is 0.0843. The molecule has 1 aromatic carbocycles. The third-order valence-corrected chi connectivity index (χ3v) is 8.37. The van der Waals surface area contributed by atoms with E-state index < -0.39 is 15.3 Å². The number of aliphatic imine (C=N–C) groups is 1.